The topological polar surface area (TPSA) is 94.2 Å². The third-order valence-corrected chi connectivity index (χ3v) is 6.14. The molecule has 0 unspecified atom stereocenters. The second-order valence-electron chi connectivity index (χ2n) is 7.67. The van der Waals surface area contributed by atoms with Gasteiger partial charge in [-0.15, -0.1) is 0 Å². The van der Waals surface area contributed by atoms with Gasteiger partial charge in [-0.25, -0.2) is 9.69 Å². The largest absolute Gasteiger partial charge is 0.497 e. The van der Waals surface area contributed by atoms with Crippen molar-refractivity contribution in [1.29, 1.82) is 0 Å². The van der Waals surface area contributed by atoms with Crippen LogP contribution in [0.2, 0.25) is 0 Å². The first kappa shape index (κ1) is 25.0. The Hall–Kier alpha value is -4.11. The number of hydrogen-bond acceptors (Lipinski definition) is 6. The van der Waals surface area contributed by atoms with Gasteiger partial charge in [-0.05, 0) is 55.5 Å². The Bertz CT molecular complexity index is 1340. The lowest BCUT2D eigenvalue weighted by Crippen LogP contribution is -2.54. The molecule has 36 heavy (non-hydrogen) atoms. The van der Waals surface area contributed by atoms with Crippen LogP contribution in [0, 0.1) is 0 Å². The summed E-state index contributed by atoms with van der Waals surface area (Å²) in [5.41, 5.74) is 1.49. The summed E-state index contributed by atoms with van der Waals surface area (Å²) < 4.78 is 17.7. The van der Waals surface area contributed by atoms with E-state index in [0.717, 1.165) is 14.9 Å². The van der Waals surface area contributed by atoms with Gasteiger partial charge in [-0.3, -0.25) is 14.9 Å². The minimum Gasteiger partial charge on any atom is -0.497 e. The minimum absolute atomic E-state index is 0.209. The average molecular weight is 551 g/mol. The SMILES string of the molecule is CCOc1ccc(N2C(=O)NC(=O)/C(=C\c3ccc(OC)cc3OCc3ccccc3Br)C2=O)cc1. The number of imide groups is 2. The van der Waals surface area contributed by atoms with E-state index < -0.39 is 17.8 Å². The van der Waals surface area contributed by atoms with Gasteiger partial charge in [0.2, 0.25) is 0 Å². The molecule has 1 aliphatic rings. The van der Waals surface area contributed by atoms with Crippen LogP contribution in [-0.2, 0) is 16.2 Å². The lowest BCUT2D eigenvalue weighted by molar-refractivity contribution is -0.122. The fourth-order valence-electron chi connectivity index (χ4n) is 3.56. The summed E-state index contributed by atoms with van der Waals surface area (Å²) in [4.78, 5) is 39.4. The molecule has 1 aliphatic heterocycles. The van der Waals surface area contributed by atoms with Crippen LogP contribution in [0.3, 0.4) is 0 Å². The highest BCUT2D eigenvalue weighted by Gasteiger charge is 2.37. The number of nitrogens with zero attached hydrogens (tertiary/aromatic N) is 1. The number of methoxy groups -OCH3 is 1. The molecule has 1 N–H and O–H groups in total. The van der Waals surface area contributed by atoms with E-state index >= 15 is 0 Å². The molecule has 3 aromatic rings. The van der Waals surface area contributed by atoms with Crippen molar-refractivity contribution in [1.82, 2.24) is 5.32 Å². The van der Waals surface area contributed by atoms with Crippen LogP contribution < -0.4 is 24.4 Å². The molecule has 0 radical (unpaired) electrons. The number of rotatable bonds is 8. The van der Waals surface area contributed by atoms with E-state index in [0.29, 0.717) is 35.1 Å². The van der Waals surface area contributed by atoms with Crippen LogP contribution in [0.5, 0.6) is 17.2 Å². The summed E-state index contributed by atoms with van der Waals surface area (Å²) in [7, 11) is 1.53. The first-order chi connectivity index (χ1) is 17.4. The Morgan fingerprint density at radius 1 is 0.944 bits per heavy atom. The average Bonchev–Trinajstić information content (AvgIpc) is 2.87. The highest BCUT2D eigenvalue weighted by molar-refractivity contribution is 9.10. The molecule has 3 aromatic carbocycles. The van der Waals surface area contributed by atoms with Crippen molar-refractivity contribution in [2.24, 2.45) is 0 Å². The van der Waals surface area contributed by atoms with Gasteiger partial charge in [0.15, 0.2) is 0 Å². The summed E-state index contributed by atoms with van der Waals surface area (Å²) in [6, 6.07) is 18.3. The minimum atomic E-state index is -0.827. The summed E-state index contributed by atoms with van der Waals surface area (Å²) in [6.07, 6.45) is 1.40. The molecule has 0 aliphatic carbocycles. The van der Waals surface area contributed by atoms with Gasteiger partial charge in [0.05, 0.1) is 19.4 Å². The molecular formula is C27H23BrN2O6. The van der Waals surface area contributed by atoms with E-state index in [1.165, 1.54) is 13.2 Å². The molecule has 1 saturated heterocycles. The van der Waals surface area contributed by atoms with Gasteiger partial charge in [0, 0.05) is 21.7 Å². The van der Waals surface area contributed by atoms with Crippen LogP contribution in [0.25, 0.3) is 6.08 Å². The molecule has 0 aromatic heterocycles. The molecule has 9 heteroatoms. The highest BCUT2D eigenvalue weighted by Crippen LogP contribution is 2.30. The molecule has 184 valence electrons. The Balaban J connectivity index is 1.66. The number of carbonyl (C=O) groups excluding carboxylic acids is 3. The van der Waals surface area contributed by atoms with Crippen molar-refractivity contribution in [2.75, 3.05) is 18.6 Å². The first-order valence-electron chi connectivity index (χ1n) is 11.1. The third-order valence-electron chi connectivity index (χ3n) is 5.37. The molecule has 0 bridgehead atoms. The number of halogens is 1. The van der Waals surface area contributed by atoms with Gasteiger partial charge in [0.1, 0.15) is 29.4 Å². The molecule has 0 atom stereocenters. The molecule has 0 spiro atoms. The number of anilines is 1. The van der Waals surface area contributed by atoms with Crippen LogP contribution in [0.15, 0.2) is 76.8 Å². The second-order valence-corrected chi connectivity index (χ2v) is 8.52. The fourth-order valence-corrected chi connectivity index (χ4v) is 3.96. The first-order valence-corrected chi connectivity index (χ1v) is 11.9. The zero-order valence-electron chi connectivity index (χ0n) is 19.6. The number of carbonyl (C=O) groups is 3. The van der Waals surface area contributed by atoms with Gasteiger partial charge in [-0.2, -0.15) is 0 Å². The van der Waals surface area contributed by atoms with E-state index in [-0.39, 0.29) is 12.2 Å². The van der Waals surface area contributed by atoms with Crippen molar-refractivity contribution in [3.63, 3.8) is 0 Å². The summed E-state index contributed by atoms with van der Waals surface area (Å²) in [5.74, 6) is 0.0101. The van der Waals surface area contributed by atoms with Crippen LogP contribution in [0.1, 0.15) is 18.1 Å². The maximum absolute atomic E-state index is 13.3. The number of barbiturate groups is 1. The lowest BCUT2D eigenvalue weighted by atomic mass is 10.1. The molecule has 4 amide bonds. The predicted molar refractivity (Wildman–Crippen MR) is 138 cm³/mol. The fraction of sp³-hybridized carbons (Fsp3) is 0.148. The monoisotopic (exact) mass is 550 g/mol. The van der Waals surface area contributed by atoms with E-state index in [4.69, 9.17) is 14.2 Å². The van der Waals surface area contributed by atoms with Crippen molar-refractivity contribution in [2.45, 2.75) is 13.5 Å². The van der Waals surface area contributed by atoms with Gasteiger partial charge in [-0.1, -0.05) is 34.1 Å². The highest BCUT2D eigenvalue weighted by atomic mass is 79.9. The van der Waals surface area contributed by atoms with Crippen molar-refractivity contribution in [3.05, 3.63) is 87.9 Å². The number of urea groups is 1. The summed E-state index contributed by atoms with van der Waals surface area (Å²) >= 11 is 3.50. The Labute approximate surface area is 216 Å². The van der Waals surface area contributed by atoms with E-state index in [9.17, 15) is 14.4 Å². The van der Waals surface area contributed by atoms with Crippen molar-refractivity contribution < 1.29 is 28.6 Å². The summed E-state index contributed by atoms with van der Waals surface area (Å²) in [5, 5.41) is 2.23. The van der Waals surface area contributed by atoms with Gasteiger partial charge in [0.25, 0.3) is 11.8 Å². The molecule has 4 rings (SSSR count). The summed E-state index contributed by atoms with van der Waals surface area (Å²) in [6.45, 7) is 2.58. The molecule has 8 nitrogen and oxygen atoms in total. The molecule has 1 heterocycles. The van der Waals surface area contributed by atoms with Crippen LogP contribution >= 0.6 is 15.9 Å². The Morgan fingerprint density at radius 2 is 1.67 bits per heavy atom. The molecular weight excluding hydrogens is 528 g/mol. The predicted octanol–water partition coefficient (Wildman–Crippen LogP) is 5.10. The van der Waals surface area contributed by atoms with Crippen LogP contribution in [-0.4, -0.2) is 31.6 Å². The molecule has 0 saturated carbocycles. The van der Waals surface area contributed by atoms with E-state index in [1.54, 1.807) is 42.5 Å². The quantitative estimate of drug-likeness (QED) is 0.309. The number of hydrogen-bond donors (Lipinski definition) is 1. The maximum Gasteiger partial charge on any atom is 0.335 e. The number of ether oxygens (including phenoxy) is 3. The molecule has 1 fully saturated rings. The number of nitrogens with one attached hydrogen (secondary N) is 1. The Morgan fingerprint density at radius 3 is 2.36 bits per heavy atom. The normalized spacial score (nSPS) is 14.6. The van der Waals surface area contributed by atoms with Crippen molar-refractivity contribution >= 4 is 45.5 Å². The second kappa shape index (κ2) is 11.1. The zero-order valence-corrected chi connectivity index (χ0v) is 21.2. The maximum atomic E-state index is 13.3. The van der Waals surface area contributed by atoms with Gasteiger partial charge < -0.3 is 14.2 Å². The van der Waals surface area contributed by atoms with Gasteiger partial charge >= 0.3 is 6.03 Å². The Kier molecular flexibility index (Phi) is 7.70. The van der Waals surface area contributed by atoms with Crippen LogP contribution in [0.4, 0.5) is 10.5 Å². The number of amides is 4. The smallest absolute Gasteiger partial charge is 0.335 e. The third kappa shape index (κ3) is 5.41. The van der Waals surface area contributed by atoms with Crippen molar-refractivity contribution in [3.8, 4) is 17.2 Å². The van der Waals surface area contributed by atoms with E-state index in [2.05, 4.69) is 21.2 Å². The zero-order chi connectivity index (χ0) is 25.7. The number of benzene rings is 3. The van der Waals surface area contributed by atoms with E-state index in [1.807, 2.05) is 31.2 Å². The lowest BCUT2D eigenvalue weighted by Gasteiger charge is -2.26. The standard InChI is InChI=1S/C27H23BrN2O6/c1-3-35-20-12-9-19(10-13-20)30-26(32)22(25(31)29-27(30)33)14-17-8-11-21(34-2)15-24(17)36-16-18-6-4-5-7-23(18)28/h4-15H,3,16H2,1-2H3,(H,29,31,33)/b22-14+.